The summed E-state index contributed by atoms with van der Waals surface area (Å²) in [7, 11) is 0. The molecule has 0 saturated heterocycles. The van der Waals surface area contributed by atoms with Gasteiger partial charge in [-0.15, -0.1) is 0 Å². The van der Waals surface area contributed by atoms with Crippen LogP contribution < -0.4 is 5.32 Å². The zero-order valence-corrected chi connectivity index (χ0v) is 10.6. The topological polar surface area (TPSA) is 85.9 Å². The molecule has 0 amide bonds. The molecule has 2 heterocycles. The fraction of sp³-hybridized carbons (Fsp3) is 0.333. The zero-order valence-electron chi connectivity index (χ0n) is 10.6. The Hall–Kier alpha value is -2.44. The number of hydrogen-bond donors (Lipinski definition) is 1. The molecule has 7 nitrogen and oxygen atoms in total. The third-order valence-electron chi connectivity index (χ3n) is 2.55. The van der Waals surface area contributed by atoms with Gasteiger partial charge in [0.05, 0.1) is 12.2 Å². The molecule has 0 fully saturated rings. The predicted molar refractivity (Wildman–Crippen MR) is 71.0 cm³/mol. The first-order chi connectivity index (χ1) is 9.19. The van der Waals surface area contributed by atoms with Crippen LogP contribution in [0.4, 0.5) is 11.5 Å². The summed E-state index contributed by atoms with van der Waals surface area (Å²) in [5, 5.41) is 13.8. The first kappa shape index (κ1) is 13.0. The molecule has 100 valence electrons. The Morgan fingerprint density at radius 1 is 1.47 bits per heavy atom. The molecule has 2 aromatic heterocycles. The number of nitro groups is 1. The molecule has 0 spiro atoms. The largest absolute Gasteiger partial charge is 0.385 e. The van der Waals surface area contributed by atoms with Gasteiger partial charge in [0.25, 0.3) is 0 Å². The highest BCUT2D eigenvalue weighted by Crippen LogP contribution is 2.11. The molecule has 0 unspecified atom stereocenters. The Morgan fingerprint density at radius 2 is 2.32 bits per heavy atom. The highest BCUT2D eigenvalue weighted by molar-refractivity contribution is 5.43. The van der Waals surface area contributed by atoms with Gasteiger partial charge >= 0.3 is 5.82 Å². The second-order valence-electron chi connectivity index (χ2n) is 4.12. The normalized spacial score (nSPS) is 10.4. The Bertz CT molecular complexity index is 567. The van der Waals surface area contributed by atoms with E-state index < -0.39 is 4.92 Å². The van der Waals surface area contributed by atoms with Crippen LogP contribution in [0.2, 0.25) is 0 Å². The van der Waals surface area contributed by atoms with Crippen LogP contribution in [0.15, 0.2) is 30.9 Å². The van der Waals surface area contributed by atoms with Gasteiger partial charge in [0, 0.05) is 18.4 Å². The predicted octanol–water partition coefficient (Wildman–Crippen LogP) is 2.06. The van der Waals surface area contributed by atoms with Crippen molar-refractivity contribution in [1.29, 1.82) is 0 Å². The van der Waals surface area contributed by atoms with Gasteiger partial charge in [0.1, 0.15) is 6.20 Å². The molecule has 0 aromatic carbocycles. The third kappa shape index (κ3) is 3.51. The maximum absolute atomic E-state index is 10.5. The summed E-state index contributed by atoms with van der Waals surface area (Å²) in [6.45, 7) is 3.46. The molecule has 0 radical (unpaired) electrons. The number of pyridine rings is 1. The SMILES string of the molecule is CCCNc1ccnc(Cn2cnc([N+](=O)[O-])c2)c1. The van der Waals surface area contributed by atoms with E-state index in [1.165, 1.54) is 12.5 Å². The molecule has 0 atom stereocenters. The number of nitrogens with one attached hydrogen (secondary N) is 1. The van der Waals surface area contributed by atoms with E-state index >= 15 is 0 Å². The van der Waals surface area contributed by atoms with Crippen molar-refractivity contribution in [3.8, 4) is 0 Å². The quantitative estimate of drug-likeness (QED) is 0.635. The van der Waals surface area contributed by atoms with Gasteiger partial charge in [-0.1, -0.05) is 6.92 Å². The van der Waals surface area contributed by atoms with Crippen molar-refractivity contribution >= 4 is 11.5 Å². The molecular formula is C12H15N5O2. The van der Waals surface area contributed by atoms with Gasteiger partial charge in [-0.2, -0.15) is 0 Å². The van der Waals surface area contributed by atoms with E-state index in [0.717, 1.165) is 24.3 Å². The van der Waals surface area contributed by atoms with Crippen molar-refractivity contribution < 1.29 is 4.92 Å². The van der Waals surface area contributed by atoms with Gasteiger partial charge in [-0.05, 0) is 28.5 Å². The number of hydrogen-bond acceptors (Lipinski definition) is 5. The van der Waals surface area contributed by atoms with E-state index in [2.05, 4.69) is 22.2 Å². The molecule has 0 aliphatic heterocycles. The second-order valence-corrected chi connectivity index (χ2v) is 4.12. The summed E-state index contributed by atoms with van der Waals surface area (Å²) in [5.74, 6) is -0.153. The van der Waals surface area contributed by atoms with Gasteiger partial charge in [0.2, 0.25) is 6.33 Å². The fourth-order valence-corrected chi connectivity index (χ4v) is 1.66. The minimum atomic E-state index is -0.511. The molecule has 0 aliphatic carbocycles. The summed E-state index contributed by atoms with van der Waals surface area (Å²) in [6.07, 6.45) is 5.60. The van der Waals surface area contributed by atoms with E-state index in [1.54, 1.807) is 10.8 Å². The molecule has 0 aliphatic rings. The van der Waals surface area contributed by atoms with Crippen molar-refractivity contribution in [2.75, 3.05) is 11.9 Å². The summed E-state index contributed by atoms with van der Waals surface area (Å²) < 4.78 is 1.64. The van der Waals surface area contributed by atoms with Gasteiger partial charge in [-0.3, -0.25) is 4.98 Å². The Balaban J connectivity index is 2.07. The van der Waals surface area contributed by atoms with Crippen LogP contribution in [0, 0.1) is 10.1 Å². The van der Waals surface area contributed by atoms with E-state index in [1.807, 2.05) is 12.1 Å². The van der Waals surface area contributed by atoms with Crippen molar-refractivity contribution in [2.24, 2.45) is 0 Å². The lowest BCUT2D eigenvalue weighted by Crippen LogP contribution is -2.03. The number of imidazole rings is 1. The van der Waals surface area contributed by atoms with Crippen molar-refractivity contribution in [3.05, 3.63) is 46.7 Å². The van der Waals surface area contributed by atoms with Crippen LogP contribution in [0.1, 0.15) is 19.0 Å². The van der Waals surface area contributed by atoms with E-state index in [-0.39, 0.29) is 5.82 Å². The van der Waals surface area contributed by atoms with Crippen molar-refractivity contribution in [2.45, 2.75) is 19.9 Å². The third-order valence-corrected chi connectivity index (χ3v) is 2.55. The van der Waals surface area contributed by atoms with Gasteiger partial charge in [0.15, 0.2) is 0 Å². The molecule has 2 aromatic rings. The van der Waals surface area contributed by atoms with Crippen LogP contribution in [0.25, 0.3) is 0 Å². The average Bonchev–Trinajstić information content (AvgIpc) is 2.85. The summed E-state index contributed by atoms with van der Waals surface area (Å²) in [4.78, 5) is 18.0. The van der Waals surface area contributed by atoms with Crippen molar-refractivity contribution in [3.63, 3.8) is 0 Å². The second kappa shape index (κ2) is 5.94. The first-order valence-corrected chi connectivity index (χ1v) is 6.04. The minimum Gasteiger partial charge on any atom is -0.385 e. The van der Waals surface area contributed by atoms with E-state index in [4.69, 9.17) is 0 Å². The number of nitrogens with zero attached hydrogens (tertiary/aromatic N) is 4. The summed E-state index contributed by atoms with van der Waals surface area (Å²) in [6, 6.07) is 3.83. The maximum Gasteiger partial charge on any atom is 0.381 e. The van der Waals surface area contributed by atoms with Gasteiger partial charge < -0.3 is 20.0 Å². The molecule has 0 bridgehead atoms. The molecule has 7 heteroatoms. The van der Waals surface area contributed by atoms with E-state index in [9.17, 15) is 10.1 Å². The number of anilines is 1. The number of aromatic nitrogens is 3. The molecule has 19 heavy (non-hydrogen) atoms. The highest BCUT2D eigenvalue weighted by Gasteiger charge is 2.10. The van der Waals surface area contributed by atoms with Crippen LogP contribution in [0.3, 0.4) is 0 Å². The Morgan fingerprint density at radius 3 is 3.00 bits per heavy atom. The summed E-state index contributed by atoms with van der Waals surface area (Å²) in [5.41, 5.74) is 1.83. The lowest BCUT2D eigenvalue weighted by molar-refractivity contribution is -0.389. The molecule has 2 rings (SSSR count). The smallest absolute Gasteiger partial charge is 0.381 e. The van der Waals surface area contributed by atoms with Gasteiger partial charge in [-0.25, -0.2) is 0 Å². The van der Waals surface area contributed by atoms with Crippen LogP contribution in [-0.2, 0) is 6.54 Å². The van der Waals surface area contributed by atoms with Crippen LogP contribution in [0.5, 0.6) is 0 Å². The molecule has 1 N–H and O–H groups in total. The molecule has 0 saturated carbocycles. The first-order valence-electron chi connectivity index (χ1n) is 6.04. The minimum absolute atomic E-state index is 0.153. The number of rotatable bonds is 6. The lowest BCUT2D eigenvalue weighted by atomic mass is 10.3. The van der Waals surface area contributed by atoms with Crippen molar-refractivity contribution in [1.82, 2.24) is 14.5 Å². The summed E-state index contributed by atoms with van der Waals surface area (Å²) >= 11 is 0. The van der Waals surface area contributed by atoms with Crippen LogP contribution >= 0.6 is 0 Å². The monoisotopic (exact) mass is 261 g/mol. The zero-order chi connectivity index (χ0) is 13.7. The average molecular weight is 261 g/mol. The standard InChI is InChI=1S/C12H15N5O2/c1-2-4-13-10-3-5-14-11(6-10)7-16-8-12(15-9-16)17(18)19/h3,5-6,8-9H,2,4,7H2,1H3,(H,13,14). The fourth-order valence-electron chi connectivity index (χ4n) is 1.66. The molecular weight excluding hydrogens is 246 g/mol. The van der Waals surface area contributed by atoms with Crippen LogP contribution in [-0.4, -0.2) is 26.0 Å². The highest BCUT2D eigenvalue weighted by atomic mass is 16.6. The Kier molecular flexibility index (Phi) is 4.07. The Labute approximate surface area is 110 Å². The lowest BCUT2D eigenvalue weighted by Gasteiger charge is -2.06. The van der Waals surface area contributed by atoms with E-state index in [0.29, 0.717) is 6.54 Å². The maximum atomic E-state index is 10.5.